The van der Waals surface area contributed by atoms with Crippen LogP contribution in [0.5, 0.6) is 0 Å². The molecule has 0 amide bonds. The summed E-state index contributed by atoms with van der Waals surface area (Å²) in [6.07, 6.45) is 0.0339. The fourth-order valence-corrected chi connectivity index (χ4v) is 3.38. The normalized spacial score (nSPS) is 14.2. The van der Waals surface area contributed by atoms with Gasteiger partial charge in [-0.15, -0.1) is 0 Å². The van der Waals surface area contributed by atoms with Gasteiger partial charge in [-0.25, -0.2) is 0 Å². The average molecular weight is 401 g/mol. The lowest BCUT2D eigenvalue weighted by molar-refractivity contribution is 0.168. The molecule has 0 saturated carbocycles. The Labute approximate surface area is 158 Å². The fraction of sp³-hybridized carbons (Fsp3) is 0.333. The summed E-state index contributed by atoms with van der Waals surface area (Å²) in [5.74, 6) is 0. The maximum atomic E-state index is 10.9. The summed E-state index contributed by atoms with van der Waals surface area (Å²) in [6.45, 7) is 2.41. The lowest BCUT2D eigenvalue weighted by Crippen LogP contribution is -2.30. The number of halogens is 2. The van der Waals surface area contributed by atoms with Crippen molar-refractivity contribution < 1.29 is 14.6 Å². The van der Waals surface area contributed by atoms with Gasteiger partial charge in [-0.05, 0) is 41.2 Å². The molecule has 0 aromatic heterocycles. The summed E-state index contributed by atoms with van der Waals surface area (Å²) in [6, 6.07) is 12.9. The lowest BCUT2D eigenvalue weighted by atomic mass is 10.0. The SMILES string of the molecule is C[C@H](NC[C@@H](O)Cc1cccc(C[P+](=O)O)c1)c1ccc(Cl)c(Cl)c1. The molecule has 134 valence electrons. The van der Waals surface area contributed by atoms with Crippen LogP contribution in [0.4, 0.5) is 0 Å². The van der Waals surface area contributed by atoms with E-state index in [0.717, 1.165) is 16.7 Å². The highest BCUT2D eigenvalue weighted by molar-refractivity contribution is 7.37. The van der Waals surface area contributed by atoms with Crippen molar-refractivity contribution in [1.29, 1.82) is 0 Å². The standard InChI is InChI=1S/C18H20Cl2NO3P/c1-12(15-5-6-17(19)18(20)9-15)21-10-16(22)8-13-3-2-4-14(7-13)11-25(23)24/h2-7,9,12,16,21-22H,8,10-11H2,1H3/p+1/t12-,16-/m0/s1. The summed E-state index contributed by atoms with van der Waals surface area (Å²) in [5, 5.41) is 14.5. The van der Waals surface area contributed by atoms with Gasteiger partial charge in [-0.1, -0.05) is 53.5 Å². The van der Waals surface area contributed by atoms with Gasteiger partial charge in [0.15, 0.2) is 0 Å². The maximum Gasteiger partial charge on any atom is 0.510 e. The number of benzene rings is 2. The van der Waals surface area contributed by atoms with E-state index in [2.05, 4.69) is 5.32 Å². The van der Waals surface area contributed by atoms with Gasteiger partial charge in [0.2, 0.25) is 6.16 Å². The van der Waals surface area contributed by atoms with E-state index in [0.29, 0.717) is 23.0 Å². The molecule has 0 spiro atoms. The molecule has 0 saturated heterocycles. The summed E-state index contributed by atoms with van der Waals surface area (Å²) in [4.78, 5) is 9.00. The monoisotopic (exact) mass is 400 g/mol. The Morgan fingerprint density at radius 2 is 1.84 bits per heavy atom. The van der Waals surface area contributed by atoms with E-state index < -0.39 is 14.1 Å². The fourth-order valence-electron chi connectivity index (χ4n) is 2.57. The quantitative estimate of drug-likeness (QED) is 0.571. The lowest BCUT2D eigenvalue weighted by Gasteiger charge is -2.18. The van der Waals surface area contributed by atoms with Crippen LogP contribution in [0.25, 0.3) is 0 Å². The van der Waals surface area contributed by atoms with Crippen LogP contribution in [0.2, 0.25) is 10.0 Å². The molecule has 0 aliphatic rings. The van der Waals surface area contributed by atoms with Gasteiger partial charge in [0.05, 0.1) is 16.1 Å². The van der Waals surface area contributed by atoms with E-state index in [4.69, 9.17) is 28.1 Å². The van der Waals surface area contributed by atoms with Crippen molar-refractivity contribution in [3.8, 4) is 0 Å². The molecule has 1 unspecified atom stereocenters. The Hall–Kier alpha value is -1.000. The van der Waals surface area contributed by atoms with Crippen LogP contribution in [-0.2, 0) is 17.1 Å². The third-order valence-corrected chi connectivity index (χ3v) is 5.26. The van der Waals surface area contributed by atoms with Gasteiger partial charge in [0, 0.05) is 18.2 Å². The third-order valence-electron chi connectivity index (χ3n) is 3.88. The van der Waals surface area contributed by atoms with Gasteiger partial charge < -0.3 is 10.4 Å². The Kier molecular flexibility index (Phi) is 7.82. The van der Waals surface area contributed by atoms with Gasteiger partial charge in [-0.2, -0.15) is 4.89 Å². The van der Waals surface area contributed by atoms with Gasteiger partial charge in [0.25, 0.3) is 0 Å². The summed E-state index contributed by atoms with van der Waals surface area (Å²) in [5.41, 5.74) is 2.73. The van der Waals surface area contributed by atoms with Crippen molar-refractivity contribution in [3.63, 3.8) is 0 Å². The molecule has 3 N–H and O–H groups in total. The number of aliphatic hydroxyl groups is 1. The molecular formula is C18H21Cl2NO3P+. The Morgan fingerprint density at radius 1 is 1.12 bits per heavy atom. The molecule has 4 nitrogen and oxygen atoms in total. The molecule has 3 atom stereocenters. The molecule has 0 fully saturated rings. The first kappa shape index (κ1) is 20.3. The van der Waals surface area contributed by atoms with Crippen LogP contribution < -0.4 is 5.32 Å². The number of nitrogens with one attached hydrogen (secondary N) is 1. The van der Waals surface area contributed by atoms with Crippen molar-refractivity contribution in [2.45, 2.75) is 31.7 Å². The van der Waals surface area contributed by atoms with E-state index in [-0.39, 0.29) is 12.2 Å². The average Bonchev–Trinajstić information content (AvgIpc) is 2.55. The van der Waals surface area contributed by atoms with Crippen LogP contribution in [0, 0.1) is 0 Å². The highest BCUT2D eigenvalue weighted by Crippen LogP contribution is 2.25. The van der Waals surface area contributed by atoms with Gasteiger partial charge in [-0.3, -0.25) is 0 Å². The molecule has 7 heteroatoms. The van der Waals surface area contributed by atoms with Crippen LogP contribution >= 0.6 is 31.2 Å². The summed E-state index contributed by atoms with van der Waals surface area (Å²) >= 11 is 12.0. The zero-order valence-corrected chi connectivity index (χ0v) is 16.2. The van der Waals surface area contributed by atoms with E-state index in [1.807, 2.05) is 43.3 Å². The number of aliphatic hydroxyl groups excluding tert-OH is 1. The predicted octanol–water partition coefficient (Wildman–Crippen LogP) is 4.48. The molecule has 2 aromatic carbocycles. The van der Waals surface area contributed by atoms with E-state index in [1.165, 1.54) is 0 Å². The molecule has 0 radical (unpaired) electrons. The number of hydrogen-bond donors (Lipinski definition) is 3. The van der Waals surface area contributed by atoms with E-state index in [1.54, 1.807) is 6.07 Å². The topological polar surface area (TPSA) is 69.6 Å². The first-order valence-electron chi connectivity index (χ1n) is 7.93. The van der Waals surface area contributed by atoms with Gasteiger partial charge in [0.1, 0.15) is 0 Å². The number of rotatable bonds is 8. The Bertz CT molecular complexity index is 742. The van der Waals surface area contributed by atoms with Crippen LogP contribution in [-0.4, -0.2) is 22.6 Å². The van der Waals surface area contributed by atoms with Crippen LogP contribution in [0.1, 0.15) is 29.7 Å². The van der Waals surface area contributed by atoms with Crippen molar-refractivity contribution in [3.05, 3.63) is 69.2 Å². The smallest absolute Gasteiger partial charge is 0.391 e. The third kappa shape index (κ3) is 6.67. The molecule has 0 aliphatic heterocycles. The highest BCUT2D eigenvalue weighted by Gasteiger charge is 2.14. The van der Waals surface area contributed by atoms with Crippen molar-refractivity contribution in [1.82, 2.24) is 5.32 Å². The molecule has 2 aromatic rings. The van der Waals surface area contributed by atoms with Crippen molar-refractivity contribution in [2.24, 2.45) is 0 Å². The second-order valence-electron chi connectivity index (χ2n) is 5.99. The Morgan fingerprint density at radius 3 is 2.52 bits per heavy atom. The minimum atomic E-state index is -2.20. The minimum absolute atomic E-state index is 0.0224. The zero-order valence-electron chi connectivity index (χ0n) is 13.8. The predicted molar refractivity (Wildman–Crippen MR) is 103 cm³/mol. The minimum Gasteiger partial charge on any atom is -0.391 e. The second-order valence-corrected chi connectivity index (χ2v) is 7.83. The molecule has 25 heavy (non-hydrogen) atoms. The molecule has 0 aliphatic carbocycles. The number of hydrogen-bond acceptors (Lipinski definition) is 3. The summed E-state index contributed by atoms with van der Waals surface area (Å²) in [7, 11) is -2.20. The molecule has 0 bridgehead atoms. The first-order valence-corrected chi connectivity index (χ1v) is 10.1. The maximum absolute atomic E-state index is 10.9. The Balaban J connectivity index is 1.88. The van der Waals surface area contributed by atoms with Crippen molar-refractivity contribution in [2.75, 3.05) is 6.54 Å². The second kappa shape index (κ2) is 9.63. The summed E-state index contributed by atoms with van der Waals surface area (Å²) < 4.78 is 10.9. The largest absolute Gasteiger partial charge is 0.510 e. The molecule has 2 rings (SSSR count). The van der Waals surface area contributed by atoms with Crippen LogP contribution in [0.3, 0.4) is 0 Å². The van der Waals surface area contributed by atoms with E-state index >= 15 is 0 Å². The zero-order chi connectivity index (χ0) is 18.4. The van der Waals surface area contributed by atoms with Crippen molar-refractivity contribution >= 4 is 31.2 Å². The van der Waals surface area contributed by atoms with Gasteiger partial charge >= 0.3 is 8.03 Å². The van der Waals surface area contributed by atoms with Crippen LogP contribution in [0.15, 0.2) is 42.5 Å². The highest BCUT2D eigenvalue weighted by atomic mass is 35.5. The van der Waals surface area contributed by atoms with E-state index in [9.17, 15) is 9.67 Å². The molecule has 0 heterocycles. The molecular weight excluding hydrogens is 380 g/mol. The first-order chi connectivity index (χ1) is 11.8.